The van der Waals surface area contributed by atoms with Gasteiger partial charge in [0.2, 0.25) is 11.9 Å². The Hall–Kier alpha value is -4.96. The maximum atomic E-state index is 12.3. The van der Waals surface area contributed by atoms with Crippen molar-refractivity contribution < 1.29 is 9.90 Å². The predicted octanol–water partition coefficient (Wildman–Crippen LogP) is 5.73. The standard InChI is InChI=1S/C34H33N7O2S/c42-32(43)29(24-44-23-25-9-3-1-4-10-25)36-33-37-31(28-16-14-27(15-17-28)26-11-5-2-6-12-26)38-34(39-33)41-21-19-40(20-22-41)30-13-7-8-18-35-30/h1-18,29H,19-24H2,(H,42,43)(H,36,37,38,39)/t29-/m1/s1. The van der Waals surface area contributed by atoms with Crippen molar-refractivity contribution in [1.29, 1.82) is 0 Å². The Morgan fingerprint density at radius 3 is 2.07 bits per heavy atom. The van der Waals surface area contributed by atoms with Gasteiger partial charge in [-0.05, 0) is 28.8 Å². The molecule has 2 N–H and O–H groups in total. The quantitative estimate of drug-likeness (QED) is 0.195. The van der Waals surface area contributed by atoms with Crippen LogP contribution in [0.15, 0.2) is 109 Å². The van der Waals surface area contributed by atoms with Crippen LogP contribution in [-0.2, 0) is 10.5 Å². The summed E-state index contributed by atoms with van der Waals surface area (Å²) in [5.74, 6) is 2.32. The Labute approximate surface area is 261 Å². The van der Waals surface area contributed by atoms with Gasteiger partial charge in [0.05, 0.1) is 0 Å². The molecule has 6 rings (SSSR count). The van der Waals surface area contributed by atoms with Crippen LogP contribution in [0.4, 0.5) is 17.7 Å². The third-order valence-corrected chi connectivity index (χ3v) is 8.51. The number of nitrogens with one attached hydrogen (secondary N) is 1. The molecule has 0 aliphatic carbocycles. The summed E-state index contributed by atoms with van der Waals surface area (Å²) >= 11 is 1.56. The molecule has 0 saturated carbocycles. The first-order chi connectivity index (χ1) is 21.6. The van der Waals surface area contributed by atoms with Crippen LogP contribution in [0.3, 0.4) is 0 Å². The minimum Gasteiger partial charge on any atom is -0.480 e. The molecule has 1 fully saturated rings. The molecular formula is C34H33N7O2S. The van der Waals surface area contributed by atoms with Gasteiger partial charge in [-0.15, -0.1) is 0 Å². The van der Waals surface area contributed by atoms with Crippen LogP contribution in [0.2, 0.25) is 0 Å². The lowest BCUT2D eigenvalue weighted by molar-refractivity contribution is -0.137. The molecule has 44 heavy (non-hydrogen) atoms. The lowest BCUT2D eigenvalue weighted by atomic mass is 10.0. The topological polar surface area (TPSA) is 107 Å². The second kappa shape index (κ2) is 14.0. The molecule has 2 aromatic heterocycles. The third kappa shape index (κ3) is 7.33. The molecule has 10 heteroatoms. The zero-order valence-corrected chi connectivity index (χ0v) is 25.0. The number of carboxylic acid groups (broad SMARTS) is 1. The Balaban J connectivity index is 1.24. The van der Waals surface area contributed by atoms with Crippen LogP contribution in [0.25, 0.3) is 22.5 Å². The van der Waals surface area contributed by atoms with E-state index in [4.69, 9.17) is 15.0 Å². The average molecular weight is 604 g/mol. The zero-order chi connectivity index (χ0) is 30.1. The number of carbonyl (C=O) groups is 1. The highest BCUT2D eigenvalue weighted by Crippen LogP contribution is 2.26. The summed E-state index contributed by atoms with van der Waals surface area (Å²) in [7, 11) is 0. The molecule has 222 valence electrons. The van der Waals surface area contributed by atoms with Gasteiger partial charge in [-0.2, -0.15) is 26.7 Å². The van der Waals surface area contributed by atoms with Gasteiger partial charge in [-0.25, -0.2) is 9.78 Å². The Morgan fingerprint density at radius 2 is 1.39 bits per heavy atom. The summed E-state index contributed by atoms with van der Waals surface area (Å²) in [6, 6.07) is 33.3. The fourth-order valence-electron chi connectivity index (χ4n) is 5.02. The summed E-state index contributed by atoms with van der Waals surface area (Å²) in [5, 5.41) is 13.1. The number of nitrogens with zero attached hydrogens (tertiary/aromatic N) is 6. The molecule has 0 radical (unpaired) electrons. The highest BCUT2D eigenvalue weighted by atomic mass is 32.2. The second-order valence-corrected chi connectivity index (χ2v) is 11.5. The van der Waals surface area contributed by atoms with Crippen molar-refractivity contribution in [1.82, 2.24) is 19.9 Å². The van der Waals surface area contributed by atoms with Crippen molar-refractivity contribution in [3.8, 4) is 22.5 Å². The number of hydrogen-bond acceptors (Lipinski definition) is 9. The van der Waals surface area contributed by atoms with E-state index < -0.39 is 12.0 Å². The van der Waals surface area contributed by atoms with E-state index in [1.165, 1.54) is 0 Å². The Kier molecular flexibility index (Phi) is 9.27. The van der Waals surface area contributed by atoms with E-state index in [2.05, 4.69) is 32.2 Å². The average Bonchev–Trinajstić information content (AvgIpc) is 3.09. The zero-order valence-electron chi connectivity index (χ0n) is 24.2. The van der Waals surface area contributed by atoms with Crippen molar-refractivity contribution in [2.45, 2.75) is 11.8 Å². The lowest BCUT2D eigenvalue weighted by Crippen LogP contribution is -2.47. The molecule has 0 amide bonds. The molecule has 9 nitrogen and oxygen atoms in total. The van der Waals surface area contributed by atoms with Crippen LogP contribution in [-0.4, -0.2) is 69.0 Å². The normalized spacial score (nSPS) is 13.8. The molecule has 1 aliphatic heterocycles. The summed E-state index contributed by atoms with van der Waals surface area (Å²) in [6.45, 7) is 2.92. The van der Waals surface area contributed by atoms with E-state index in [0.29, 0.717) is 36.4 Å². The molecular weight excluding hydrogens is 570 g/mol. The van der Waals surface area contributed by atoms with Gasteiger partial charge in [-0.1, -0.05) is 91.0 Å². The van der Waals surface area contributed by atoms with E-state index in [0.717, 1.165) is 41.2 Å². The van der Waals surface area contributed by atoms with Crippen molar-refractivity contribution in [3.05, 3.63) is 115 Å². The smallest absolute Gasteiger partial charge is 0.327 e. The van der Waals surface area contributed by atoms with E-state index in [1.807, 2.05) is 91.0 Å². The van der Waals surface area contributed by atoms with Gasteiger partial charge < -0.3 is 20.2 Å². The van der Waals surface area contributed by atoms with Crippen LogP contribution < -0.4 is 15.1 Å². The predicted molar refractivity (Wildman–Crippen MR) is 177 cm³/mol. The van der Waals surface area contributed by atoms with E-state index in [-0.39, 0.29) is 5.95 Å². The number of thioether (sulfide) groups is 1. The van der Waals surface area contributed by atoms with Gasteiger partial charge in [0, 0.05) is 49.4 Å². The van der Waals surface area contributed by atoms with Crippen molar-refractivity contribution in [2.24, 2.45) is 0 Å². The molecule has 0 unspecified atom stereocenters. The number of aliphatic carboxylic acids is 1. The van der Waals surface area contributed by atoms with Gasteiger partial charge in [0.1, 0.15) is 11.9 Å². The summed E-state index contributed by atoms with van der Waals surface area (Å²) in [6.07, 6.45) is 1.80. The van der Waals surface area contributed by atoms with Crippen molar-refractivity contribution in [2.75, 3.05) is 47.0 Å². The van der Waals surface area contributed by atoms with Crippen molar-refractivity contribution in [3.63, 3.8) is 0 Å². The minimum absolute atomic E-state index is 0.247. The van der Waals surface area contributed by atoms with Gasteiger partial charge in [0.25, 0.3) is 0 Å². The van der Waals surface area contributed by atoms with E-state index >= 15 is 0 Å². The summed E-state index contributed by atoms with van der Waals surface area (Å²) < 4.78 is 0. The lowest BCUT2D eigenvalue weighted by Gasteiger charge is -2.35. The summed E-state index contributed by atoms with van der Waals surface area (Å²) in [5.41, 5.74) is 4.19. The van der Waals surface area contributed by atoms with E-state index in [1.54, 1.807) is 18.0 Å². The molecule has 1 saturated heterocycles. The Bertz CT molecular complexity index is 1650. The van der Waals surface area contributed by atoms with Gasteiger partial charge >= 0.3 is 5.97 Å². The summed E-state index contributed by atoms with van der Waals surface area (Å²) in [4.78, 5) is 35.4. The van der Waals surface area contributed by atoms with Crippen LogP contribution in [0.5, 0.6) is 0 Å². The molecule has 0 spiro atoms. The largest absolute Gasteiger partial charge is 0.480 e. The monoisotopic (exact) mass is 603 g/mol. The number of benzene rings is 3. The third-order valence-electron chi connectivity index (χ3n) is 7.41. The SMILES string of the molecule is O=C(O)[C@@H](CSCc1ccccc1)Nc1nc(-c2ccc(-c3ccccc3)cc2)nc(N2CCN(c3ccccn3)CC2)n1. The molecule has 1 aliphatic rings. The highest BCUT2D eigenvalue weighted by molar-refractivity contribution is 7.98. The van der Waals surface area contributed by atoms with Crippen LogP contribution in [0, 0.1) is 0 Å². The number of rotatable bonds is 11. The first kappa shape index (κ1) is 29.1. The van der Waals surface area contributed by atoms with Crippen LogP contribution >= 0.6 is 11.8 Å². The van der Waals surface area contributed by atoms with Gasteiger partial charge in [0.15, 0.2) is 5.82 Å². The van der Waals surface area contributed by atoms with Crippen molar-refractivity contribution >= 4 is 35.4 Å². The molecule has 3 aromatic carbocycles. The number of anilines is 3. The number of carboxylic acids is 1. The maximum Gasteiger partial charge on any atom is 0.327 e. The van der Waals surface area contributed by atoms with E-state index in [9.17, 15) is 9.90 Å². The molecule has 3 heterocycles. The van der Waals surface area contributed by atoms with Crippen LogP contribution in [0.1, 0.15) is 5.56 Å². The minimum atomic E-state index is -0.953. The number of pyridine rings is 1. The number of aromatic nitrogens is 4. The fraction of sp³-hybridized carbons (Fsp3) is 0.206. The highest BCUT2D eigenvalue weighted by Gasteiger charge is 2.24. The van der Waals surface area contributed by atoms with Gasteiger partial charge in [-0.3, -0.25) is 0 Å². The number of piperazine rings is 1. The maximum absolute atomic E-state index is 12.3. The second-order valence-electron chi connectivity index (χ2n) is 10.4. The fourth-order valence-corrected chi connectivity index (χ4v) is 6.03. The molecule has 5 aromatic rings. The number of hydrogen-bond donors (Lipinski definition) is 2. The first-order valence-corrected chi connectivity index (χ1v) is 15.7. The Morgan fingerprint density at radius 1 is 0.750 bits per heavy atom. The first-order valence-electron chi connectivity index (χ1n) is 14.6. The molecule has 0 bridgehead atoms. The molecule has 1 atom stereocenters.